The first kappa shape index (κ1) is 8.58. The zero-order chi connectivity index (χ0) is 9.26. The summed E-state index contributed by atoms with van der Waals surface area (Å²) >= 11 is 2.97. The molecule has 68 valence electrons. The zero-order valence-electron chi connectivity index (χ0n) is 7.24. The Morgan fingerprint density at radius 1 is 1.31 bits per heavy atom. The molecule has 0 aromatic carbocycles. The van der Waals surface area contributed by atoms with Gasteiger partial charge in [-0.05, 0) is 31.4 Å². The maximum Gasteiger partial charge on any atom is 0.210 e. The van der Waals surface area contributed by atoms with Gasteiger partial charge in [0.15, 0.2) is 0 Å². The van der Waals surface area contributed by atoms with E-state index in [1.807, 2.05) is 19.9 Å². The van der Waals surface area contributed by atoms with Gasteiger partial charge in [-0.1, -0.05) is 11.3 Å². The molecule has 0 radical (unpaired) electrons. The summed E-state index contributed by atoms with van der Waals surface area (Å²) in [5, 5.41) is 13.8. The number of hydrogen-bond acceptors (Lipinski definition) is 6. The fourth-order valence-corrected chi connectivity index (χ4v) is 2.20. The Labute approximate surface area is 83.8 Å². The molecule has 1 N–H and O–H groups in total. The number of aromatic nitrogens is 3. The molecule has 13 heavy (non-hydrogen) atoms. The minimum Gasteiger partial charge on any atom is -0.320 e. The number of aryl methyl sites for hydroxylation is 2. The van der Waals surface area contributed by atoms with Crippen molar-refractivity contribution in [1.29, 1.82) is 0 Å². The summed E-state index contributed by atoms with van der Waals surface area (Å²) in [7, 11) is 0. The van der Waals surface area contributed by atoms with Crippen molar-refractivity contribution in [2.75, 3.05) is 5.32 Å². The van der Waals surface area contributed by atoms with Crippen molar-refractivity contribution in [1.82, 2.24) is 14.6 Å². The summed E-state index contributed by atoms with van der Waals surface area (Å²) in [5.41, 5.74) is 1.02. The lowest BCUT2D eigenvalue weighted by atomic mass is 10.5. The fourth-order valence-electron chi connectivity index (χ4n) is 0.875. The third-order valence-electron chi connectivity index (χ3n) is 1.38. The Kier molecular flexibility index (Phi) is 2.24. The first-order chi connectivity index (χ1) is 6.24. The third-order valence-corrected chi connectivity index (χ3v) is 2.93. The van der Waals surface area contributed by atoms with Crippen LogP contribution in [-0.2, 0) is 0 Å². The smallest absolute Gasteiger partial charge is 0.210 e. The van der Waals surface area contributed by atoms with Crippen LogP contribution in [0.2, 0.25) is 0 Å². The summed E-state index contributed by atoms with van der Waals surface area (Å²) in [6, 6.07) is 1.99. The molecular weight excluding hydrogens is 204 g/mol. The molecule has 0 aliphatic heterocycles. The number of nitrogens with zero attached hydrogens (tertiary/aromatic N) is 3. The fraction of sp³-hybridized carbons (Fsp3) is 0.286. The Morgan fingerprint density at radius 2 is 2.15 bits per heavy atom. The van der Waals surface area contributed by atoms with E-state index in [1.165, 1.54) is 22.9 Å². The van der Waals surface area contributed by atoms with Gasteiger partial charge in [-0.25, -0.2) is 0 Å². The molecule has 0 fully saturated rings. The molecule has 0 unspecified atom stereocenters. The van der Waals surface area contributed by atoms with Crippen LogP contribution in [-0.4, -0.2) is 14.6 Å². The van der Waals surface area contributed by atoms with Crippen LogP contribution in [0.3, 0.4) is 0 Å². The van der Waals surface area contributed by atoms with Gasteiger partial charge >= 0.3 is 0 Å². The quantitative estimate of drug-likeness (QED) is 0.830. The summed E-state index contributed by atoms with van der Waals surface area (Å²) in [5.74, 6) is 0. The Hall–Kier alpha value is -1.01. The van der Waals surface area contributed by atoms with E-state index in [0.29, 0.717) is 0 Å². The second kappa shape index (κ2) is 3.39. The average Bonchev–Trinajstić information content (AvgIpc) is 2.62. The number of hydrogen-bond donors (Lipinski definition) is 1. The van der Waals surface area contributed by atoms with Crippen molar-refractivity contribution in [3.05, 3.63) is 16.8 Å². The number of rotatable bonds is 2. The van der Waals surface area contributed by atoms with Crippen LogP contribution in [0, 0.1) is 13.8 Å². The predicted molar refractivity (Wildman–Crippen MR) is 54.8 cm³/mol. The lowest BCUT2D eigenvalue weighted by Gasteiger charge is -1.92. The lowest BCUT2D eigenvalue weighted by molar-refractivity contribution is 1.05. The molecule has 0 atom stereocenters. The molecule has 0 saturated heterocycles. The molecular formula is C7H8N4S2. The Morgan fingerprint density at radius 3 is 2.69 bits per heavy atom. The van der Waals surface area contributed by atoms with Crippen molar-refractivity contribution in [3.63, 3.8) is 0 Å². The highest BCUT2D eigenvalue weighted by molar-refractivity contribution is 7.16. The van der Waals surface area contributed by atoms with Gasteiger partial charge in [0.2, 0.25) is 5.13 Å². The predicted octanol–water partition coefficient (Wildman–Crippen LogP) is 2.36. The molecule has 4 nitrogen and oxygen atoms in total. The van der Waals surface area contributed by atoms with Crippen molar-refractivity contribution in [3.8, 4) is 0 Å². The van der Waals surface area contributed by atoms with Gasteiger partial charge in [0, 0.05) is 0 Å². The van der Waals surface area contributed by atoms with Crippen LogP contribution in [0.25, 0.3) is 0 Å². The Balaban J connectivity index is 2.14. The number of anilines is 2. The monoisotopic (exact) mass is 212 g/mol. The van der Waals surface area contributed by atoms with Crippen molar-refractivity contribution in [2.24, 2.45) is 0 Å². The second-order valence-electron chi connectivity index (χ2n) is 2.58. The molecule has 2 aromatic heterocycles. The van der Waals surface area contributed by atoms with E-state index in [9.17, 15) is 0 Å². The van der Waals surface area contributed by atoms with Crippen LogP contribution < -0.4 is 5.32 Å². The second-order valence-corrected chi connectivity index (χ2v) is 4.57. The van der Waals surface area contributed by atoms with Crippen LogP contribution in [0.4, 0.5) is 10.1 Å². The van der Waals surface area contributed by atoms with Gasteiger partial charge < -0.3 is 5.32 Å². The minimum absolute atomic E-state index is 0.821. The molecule has 0 saturated carbocycles. The van der Waals surface area contributed by atoms with Crippen LogP contribution in [0.15, 0.2) is 6.07 Å². The largest absolute Gasteiger partial charge is 0.320 e. The van der Waals surface area contributed by atoms with E-state index in [0.717, 1.165) is 20.8 Å². The highest BCUT2D eigenvalue weighted by Crippen LogP contribution is 2.23. The average molecular weight is 212 g/mol. The van der Waals surface area contributed by atoms with E-state index < -0.39 is 0 Å². The van der Waals surface area contributed by atoms with Gasteiger partial charge in [-0.2, -0.15) is 4.37 Å². The molecule has 0 bridgehead atoms. The van der Waals surface area contributed by atoms with E-state index >= 15 is 0 Å². The molecule has 2 rings (SSSR count). The van der Waals surface area contributed by atoms with Gasteiger partial charge in [0.25, 0.3) is 0 Å². The lowest BCUT2D eigenvalue weighted by Crippen LogP contribution is -1.85. The van der Waals surface area contributed by atoms with Crippen molar-refractivity contribution >= 4 is 33.0 Å². The van der Waals surface area contributed by atoms with Gasteiger partial charge in [0.05, 0.1) is 5.69 Å². The van der Waals surface area contributed by atoms with E-state index in [-0.39, 0.29) is 0 Å². The standard InChI is InChI=1S/C7H8N4S2/c1-4-3-6(13-11-4)8-7-10-9-5(2)12-7/h3H,1-2H3,(H,8,10). The van der Waals surface area contributed by atoms with Crippen LogP contribution in [0.1, 0.15) is 10.7 Å². The SMILES string of the molecule is Cc1cc(Nc2nnc(C)s2)sn1. The molecule has 0 amide bonds. The first-order valence-electron chi connectivity index (χ1n) is 3.74. The summed E-state index contributed by atoms with van der Waals surface area (Å²) in [6.45, 7) is 3.90. The highest BCUT2D eigenvalue weighted by Gasteiger charge is 2.02. The molecule has 0 aliphatic carbocycles. The zero-order valence-corrected chi connectivity index (χ0v) is 8.87. The van der Waals surface area contributed by atoms with Gasteiger partial charge in [-0.3, -0.25) is 0 Å². The Bertz CT molecular complexity index is 368. The van der Waals surface area contributed by atoms with Gasteiger partial charge in [0.1, 0.15) is 10.0 Å². The van der Waals surface area contributed by atoms with Gasteiger partial charge in [-0.15, -0.1) is 10.2 Å². The molecule has 2 heterocycles. The third kappa shape index (κ3) is 2.02. The van der Waals surface area contributed by atoms with Crippen LogP contribution in [0.5, 0.6) is 0 Å². The molecule has 0 aliphatic rings. The molecule has 6 heteroatoms. The molecule has 0 spiro atoms. The minimum atomic E-state index is 0.821. The van der Waals surface area contributed by atoms with E-state index in [1.54, 1.807) is 0 Å². The maximum atomic E-state index is 4.16. The highest BCUT2D eigenvalue weighted by atomic mass is 32.1. The van der Waals surface area contributed by atoms with Crippen LogP contribution >= 0.6 is 22.9 Å². The summed E-state index contributed by atoms with van der Waals surface area (Å²) < 4.78 is 4.16. The summed E-state index contributed by atoms with van der Waals surface area (Å²) in [4.78, 5) is 0. The molecule has 2 aromatic rings. The van der Waals surface area contributed by atoms with E-state index in [4.69, 9.17) is 0 Å². The maximum absolute atomic E-state index is 4.16. The van der Waals surface area contributed by atoms with E-state index in [2.05, 4.69) is 19.9 Å². The topological polar surface area (TPSA) is 50.7 Å². The normalized spacial score (nSPS) is 10.3. The number of nitrogens with one attached hydrogen (secondary N) is 1. The van der Waals surface area contributed by atoms with Crippen molar-refractivity contribution in [2.45, 2.75) is 13.8 Å². The summed E-state index contributed by atoms with van der Waals surface area (Å²) in [6.07, 6.45) is 0. The van der Waals surface area contributed by atoms with Crippen molar-refractivity contribution < 1.29 is 0 Å². The first-order valence-corrected chi connectivity index (χ1v) is 5.33.